The van der Waals surface area contributed by atoms with Crippen molar-refractivity contribution in [1.82, 2.24) is 4.72 Å². The number of carbonyl (C=O) groups excluding carboxylic acids is 2. The molecule has 0 heterocycles. The number of primary amides is 2. The Labute approximate surface area is 204 Å². The molecule has 1 aromatic rings. The van der Waals surface area contributed by atoms with Gasteiger partial charge in [-0.25, -0.2) is 8.42 Å². The van der Waals surface area contributed by atoms with Crippen LogP contribution in [0.1, 0.15) is 33.1 Å². The van der Waals surface area contributed by atoms with Crippen LogP contribution in [-0.4, -0.2) is 44.7 Å². The van der Waals surface area contributed by atoms with Crippen molar-refractivity contribution in [2.24, 2.45) is 11.5 Å². The average Bonchev–Trinajstić information content (AvgIpc) is 2.62. The minimum Gasteiger partial charge on any atom is -1.00 e. The van der Waals surface area contributed by atoms with Crippen molar-refractivity contribution >= 4 is 33.4 Å². The highest BCUT2D eigenvalue weighted by Gasteiger charge is 2.32. The molecule has 0 unspecified atom stereocenters. The lowest BCUT2D eigenvalue weighted by atomic mass is 10.1. The van der Waals surface area contributed by atoms with Gasteiger partial charge in [0.2, 0.25) is 15.9 Å². The molecular weight excluding hydrogens is 541 g/mol. The van der Waals surface area contributed by atoms with E-state index in [1.807, 2.05) is 4.72 Å². The van der Waals surface area contributed by atoms with E-state index in [1.54, 1.807) is 0 Å². The van der Waals surface area contributed by atoms with Crippen molar-refractivity contribution < 1.29 is 62.5 Å². The zero-order valence-corrected chi connectivity index (χ0v) is 19.0. The quantitative estimate of drug-likeness (QED) is 0.279. The fraction of sp³-hybridized carbons (Fsp3) is 0.529. The van der Waals surface area contributed by atoms with Crippen LogP contribution in [0.2, 0.25) is 5.02 Å². The summed E-state index contributed by atoms with van der Waals surface area (Å²) in [7, 11) is -4.17. The largest absolute Gasteiger partial charge is 1.00 e. The van der Waals surface area contributed by atoms with Crippen LogP contribution in [0, 0.1) is 0 Å². The molecule has 2 amide bonds. The van der Waals surface area contributed by atoms with E-state index in [4.69, 9.17) is 23.1 Å². The monoisotopic (exact) mass is 566 g/mol. The number of halogens is 8. The van der Waals surface area contributed by atoms with Crippen molar-refractivity contribution in [3.05, 3.63) is 29.3 Å². The standard InChI is InChI=1S/C11H12ClF3N2O3S.C5H9F3N2O.CH4.ClH/c12-7-1-3-8(4-2-7)21(19,20)17-9(10(16)18)5-6-11(13,14)15;6-5(7,8)2-1-3(9)4(10)11;;/h1-4,9,17H,5-6H2,(H2,16,18);3H,1-2,9H2,(H2,10,11);1H4;1H/t9-;3-;;/m11../s1. The Morgan fingerprint density at radius 1 is 0.941 bits per heavy atom. The number of carbonyl (C=O) groups is 2. The smallest absolute Gasteiger partial charge is 0.389 e. The van der Waals surface area contributed by atoms with E-state index in [9.17, 15) is 44.3 Å². The third-order valence-electron chi connectivity index (χ3n) is 3.66. The van der Waals surface area contributed by atoms with Crippen molar-refractivity contribution in [2.45, 2.75) is 62.4 Å². The molecule has 1 aromatic carbocycles. The molecule has 8 nitrogen and oxygen atoms in total. The molecule has 0 bridgehead atoms. The SMILES string of the molecule is C.NC(=O)[C@@H](CCC(F)(F)F)NS(=O)(=O)c1ccc(Cl)cc1.NC(=O)[C@H]([NH3+])CCC(F)(F)F.[Cl-]. The number of hydrogen-bond donors (Lipinski definition) is 4. The van der Waals surface area contributed by atoms with Gasteiger partial charge in [0.25, 0.3) is 5.91 Å². The molecular formula is C17H26Cl2F6N4O4S. The lowest BCUT2D eigenvalue weighted by Crippen LogP contribution is -3.00. The molecule has 2 atom stereocenters. The predicted molar refractivity (Wildman–Crippen MR) is 108 cm³/mol. The maximum Gasteiger partial charge on any atom is 0.389 e. The van der Waals surface area contributed by atoms with Gasteiger partial charge >= 0.3 is 12.4 Å². The second-order valence-corrected chi connectivity index (χ2v) is 8.59. The van der Waals surface area contributed by atoms with E-state index in [-0.39, 0.29) is 36.2 Å². The predicted octanol–water partition coefficient (Wildman–Crippen LogP) is -1.12. The fourth-order valence-electron chi connectivity index (χ4n) is 1.92. The van der Waals surface area contributed by atoms with Crippen LogP contribution < -0.4 is 34.3 Å². The van der Waals surface area contributed by atoms with Gasteiger partial charge in [-0.2, -0.15) is 31.1 Å². The fourth-order valence-corrected chi connectivity index (χ4v) is 3.28. The molecule has 0 aliphatic carbocycles. The van der Waals surface area contributed by atoms with Crippen LogP contribution in [0.3, 0.4) is 0 Å². The van der Waals surface area contributed by atoms with Crippen LogP contribution in [0.4, 0.5) is 26.3 Å². The van der Waals surface area contributed by atoms with Crippen molar-refractivity contribution in [3.63, 3.8) is 0 Å². The summed E-state index contributed by atoms with van der Waals surface area (Å²) in [6.45, 7) is 0. The molecule has 0 aliphatic rings. The van der Waals surface area contributed by atoms with E-state index >= 15 is 0 Å². The van der Waals surface area contributed by atoms with Crippen molar-refractivity contribution in [3.8, 4) is 0 Å². The summed E-state index contributed by atoms with van der Waals surface area (Å²) in [6, 6.07) is 2.32. The molecule has 0 saturated heterocycles. The number of alkyl halides is 6. The average molecular weight is 567 g/mol. The van der Waals surface area contributed by atoms with Crippen LogP contribution in [-0.2, 0) is 19.6 Å². The second kappa shape index (κ2) is 15.2. The number of nitrogens with one attached hydrogen (secondary N) is 1. The number of amides is 2. The van der Waals surface area contributed by atoms with Crippen LogP contribution >= 0.6 is 11.6 Å². The number of benzene rings is 1. The second-order valence-electron chi connectivity index (χ2n) is 6.44. The highest BCUT2D eigenvalue weighted by atomic mass is 35.5. The van der Waals surface area contributed by atoms with Gasteiger partial charge < -0.3 is 29.6 Å². The van der Waals surface area contributed by atoms with Gasteiger partial charge in [-0.3, -0.25) is 9.59 Å². The van der Waals surface area contributed by atoms with Crippen LogP contribution in [0.15, 0.2) is 29.2 Å². The summed E-state index contributed by atoms with van der Waals surface area (Å²) >= 11 is 5.60. The van der Waals surface area contributed by atoms with E-state index in [2.05, 4.69) is 5.73 Å². The van der Waals surface area contributed by atoms with Crippen molar-refractivity contribution in [1.29, 1.82) is 0 Å². The van der Waals surface area contributed by atoms with Gasteiger partial charge in [0, 0.05) is 24.3 Å². The Morgan fingerprint density at radius 2 is 1.35 bits per heavy atom. The summed E-state index contributed by atoms with van der Waals surface area (Å²) in [6.07, 6.45) is -12.2. The Balaban J connectivity index is -0.000000636. The first-order valence-corrected chi connectivity index (χ1v) is 10.5. The molecule has 34 heavy (non-hydrogen) atoms. The van der Waals surface area contributed by atoms with Gasteiger partial charge in [-0.05, 0) is 30.7 Å². The molecule has 0 aliphatic heterocycles. The molecule has 0 fully saturated rings. The Kier molecular flexibility index (Phi) is 16.5. The van der Waals surface area contributed by atoms with E-state index in [0.29, 0.717) is 0 Å². The summed E-state index contributed by atoms with van der Waals surface area (Å²) in [5, 5.41) is 0.289. The maximum atomic E-state index is 12.1. The Morgan fingerprint density at radius 3 is 1.71 bits per heavy atom. The van der Waals surface area contributed by atoms with E-state index in [1.165, 1.54) is 12.1 Å². The lowest BCUT2D eigenvalue weighted by molar-refractivity contribution is -0.406. The molecule has 0 saturated carbocycles. The van der Waals surface area contributed by atoms with Gasteiger partial charge in [0.1, 0.15) is 6.04 Å². The van der Waals surface area contributed by atoms with E-state index in [0.717, 1.165) is 12.1 Å². The first kappa shape index (κ1) is 36.8. The first-order valence-electron chi connectivity index (χ1n) is 8.67. The third kappa shape index (κ3) is 16.7. The Hall–Kier alpha value is -1.81. The number of rotatable bonds is 9. The van der Waals surface area contributed by atoms with Gasteiger partial charge in [0.05, 0.1) is 4.90 Å². The van der Waals surface area contributed by atoms with E-state index < -0.39 is 65.5 Å². The number of nitrogens with two attached hydrogens (primary N) is 2. The molecule has 0 spiro atoms. The third-order valence-corrected chi connectivity index (χ3v) is 5.40. The van der Waals surface area contributed by atoms with Crippen LogP contribution in [0.25, 0.3) is 0 Å². The number of quaternary nitrogens is 1. The summed E-state index contributed by atoms with van der Waals surface area (Å²) < 4.78 is 96.6. The summed E-state index contributed by atoms with van der Waals surface area (Å²) in [5.41, 5.74) is 12.8. The molecule has 17 heteroatoms. The van der Waals surface area contributed by atoms with Crippen LogP contribution in [0.5, 0.6) is 0 Å². The normalized spacial score (nSPS) is 13.3. The van der Waals surface area contributed by atoms with Crippen molar-refractivity contribution in [2.75, 3.05) is 0 Å². The highest BCUT2D eigenvalue weighted by Crippen LogP contribution is 2.23. The summed E-state index contributed by atoms with van der Waals surface area (Å²) in [5.74, 6) is -1.98. The zero-order valence-electron chi connectivity index (χ0n) is 16.7. The lowest BCUT2D eigenvalue weighted by Gasteiger charge is -2.16. The first-order chi connectivity index (χ1) is 14.3. The Bertz CT molecular complexity index is 868. The minimum absolute atomic E-state index is 0. The molecule has 1 rings (SSSR count). The number of hydrogen-bond acceptors (Lipinski definition) is 4. The molecule has 0 radical (unpaired) electrons. The molecule has 0 aromatic heterocycles. The van der Waals surface area contributed by atoms with Gasteiger partial charge in [-0.1, -0.05) is 19.0 Å². The zero-order chi connectivity index (χ0) is 25.3. The topological polar surface area (TPSA) is 160 Å². The summed E-state index contributed by atoms with van der Waals surface area (Å²) in [4.78, 5) is 21.1. The molecule has 200 valence electrons. The molecule has 8 N–H and O–H groups in total. The van der Waals surface area contributed by atoms with Gasteiger partial charge in [0.15, 0.2) is 6.04 Å². The maximum absolute atomic E-state index is 12.1. The van der Waals surface area contributed by atoms with Gasteiger partial charge in [-0.15, -0.1) is 0 Å². The minimum atomic E-state index is -4.51. The highest BCUT2D eigenvalue weighted by molar-refractivity contribution is 7.89. The number of sulfonamides is 1.